The zero-order valence-corrected chi connectivity index (χ0v) is 13.0. The molecule has 0 saturated heterocycles. The lowest BCUT2D eigenvalue weighted by atomic mass is 10.3. The normalized spacial score (nSPS) is 9.55. The van der Waals surface area contributed by atoms with Gasteiger partial charge in [0.25, 0.3) is 0 Å². The maximum atomic E-state index is 11.6. The molecule has 0 spiro atoms. The first-order valence-corrected chi connectivity index (χ1v) is 6.32. The predicted molar refractivity (Wildman–Crippen MR) is 81.9 cm³/mol. The highest BCUT2D eigenvalue weighted by Crippen LogP contribution is 2.16. The number of amides is 1. The summed E-state index contributed by atoms with van der Waals surface area (Å²) in [5.74, 6) is 1.69. The van der Waals surface area contributed by atoms with E-state index in [1.54, 1.807) is 19.1 Å². The maximum absolute atomic E-state index is 11.6. The Hall–Kier alpha value is -1.46. The van der Waals surface area contributed by atoms with E-state index < -0.39 is 0 Å². The van der Waals surface area contributed by atoms with Gasteiger partial charge in [0.15, 0.2) is 0 Å². The van der Waals surface area contributed by atoms with E-state index in [4.69, 9.17) is 9.47 Å². The van der Waals surface area contributed by atoms with E-state index in [-0.39, 0.29) is 18.3 Å². The van der Waals surface area contributed by atoms with Crippen molar-refractivity contribution in [3.63, 3.8) is 0 Å². The molecule has 0 fully saturated rings. The number of carbonyl (C=O) groups excluding carboxylic acids is 1. The molecule has 6 heteroatoms. The Kier molecular flexibility index (Phi) is 9.59. The number of likely N-dealkylation sites (N-methyl/N-ethyl adjacent to an activating group) is 1. The van der Waals surface area contributed by atoms with Crippen molar-refractivity contribution in [2.24, 2.45) is 0 Å². The summed E-state index contributed by atoms with van der Waals surface area (Å²) in [6.07, 6.45) is 0.509. The first-order chi connectivity index (χ1) is 9.17. The molecule has 1 aromatic rings. The minimum absolute atomic E-state index is 0. The van der Waals surface area contributed by atoms with Crippen molar-refractivity contribution in [3.8, 4) is 11.5 Å². The van der Waals surface area contributed by atoms with Crippen molar-refractivity contribution in [1.82, 2.24) is 10.2 Å². The number of rotatable bonds is 8. The van der Waals surface area contributed by atoms with Crippen LogP contribution < -0.4 is 14.8 Å². The number of halogens is 1. The summed E-state index contributed by atoms with van der Waals surface area (Å²) in [4.78, 5) is 13.3. The van der Waals surface area contributed by atoms with Gasteiger partial charge in [-0.05, 0) is 31.3 Å². The predicted octanol–water partition coefficient (Wildman–Crippen LogP) is 1.56. The largest absolute Gasteiger partial charge is 0.497 e. The molecular formula is C14H23ClN2O3. The summed E-state index contributed by atoms with van der Waals surface area (Å²) in [6.45, 7) is 1.76. The lowest BCUT2D eigenvalue weighted by Gasteiger charge is -2.17. The zero-order chi connectivity index (χ0) is 14.1. The first kappa shape index (κ1) is 18.5. The second-order valence-electron chi connectivity index (χ2n) is 4.19. The number of ether oxygens (including phenoxy) is 2. The topological polar surface area (TPSA) is 50.8 Å². The number of carbonyl (C=O) groups is 1. The fourth-order valence-electron chi connectivity index (χ4n) is 1.52. The van der Waals surface area contributed by atoms with Crippen LogP contribution in [0.1, 0.15) is 6.42 Å². The highest BCUT2D eigenvalue weighted by Gasteiger charge is 2.07. The van der Waals surface area contributed by atoms with Gasteiger partial charge < -0.3 is 19.7 Å². The molecule has 0 unspecified atom stereocenters. The molecule has 0 aliphatic heterocycles. The Morgan fingerprint density at radius 3 is 2.40 bits per heavy atom. The maximum Gasteiger partial charge on any atom is 0.223 e. The first-order valence-electron chi connectivity index (χ1n) is 6.32. The standard InChI is InChI=1S/C14H22N2O3.ClH/c1-15-9-8-14(17)16(2)10-11-19-13-6-4-12(18-3)5-7-13;/h4-7,15H,8-11H2,1-3H3;1H. The van der Waals surface area contributed by atoms with Crippen LogP contribution in [0.3, 0.4) is 0 Å². The van der Waals surface area contributed by atoms with Crippen molar-refractivity contribution < 1.29 is 14.3 Å². The molecule has 1 rings (SSSR count). The smallest absolute Gasteiger partial charge is 0.223 e. The Balaban J connectivity index is 0.00000361. The van der Waals surface area contributed by atoms with Crippen LogP contribution in [-0.4, -0.2) is 51.7 Å². The summed E-state index contributed by atoms with van der Waals surface area (Å²) in [7, 11) is 5.25. The SMILES string of the molecule is CNCCC(=O)N(C)CCOc1ccc(OC)cc1.Cl. The molecule has 20 heavy (non-hydrogen) atoms. The molecule has 0 radical (unpaired) electrons. The number of nitrogens with zero attached hydrogens (tertiary/aromatic N) is 1. The van der Waals surface area contributed by atoms with Crippen LogP contribution in [0.25, 0.3) is 0 Å². The zero-order valence-electron chi connectivity index (χ0n) is 12.2. The van der Waals surface area contributed by atoms with E-state index in [0.717, 1.165) is 11.5 Å². The van der Waals surface area contributed by atoms with Crippen molar-refractivity contribution in [2.75, 3.05) is 40.9 Å². The van der Waals surface area contributed by atoms with E-state index in [9.17, 15) is 4.79 Å². The number of nitrogens with one attached hydrogen (secondary N) is 1. The van der Waals surface area contributed by atoms with Gasteiger partial charge in [-0.2, -0.15) is 0 Å². The Labute approximate surface area is 126 Å². The molecule has 1 amide bonds. The molecule has 0 saturated carbocycles. The highest BCUT2D eigenvalue weighted by atomic mass is 35.5. The molecule has 0 bridgehead atoms. The molecule has 1 aromatic carbocycles. The minimum atomic E-state index is 0. The van der Waals surface area contributed by atoms with Gasteiger partial charge in [-0.25, -0.2) is 0 Å². The summed E-state index contributed by atoms with van der Waals surface area (Å²) < 4.78 is 10.6. The fraction of sp³-hybridized carbons (Fsp3) is 0.500. The molecule has 114 valence electrons. The lowest BCUT2D eigenvalue weighted by molar-refractivity contribution is -0.130. The molecule has 5 nitrogen and oxygen atoms in total. The second-order valence-corrected chi connectivity index (χ2v) is 4.19. The van der Waals surface area contributed by atoms with Gasteiger partial charge in [0, 0.05) is 20.0 Å². The third-order valence-electron chi connectivity index (χ3n) is 2.77. The number of methoxy groups -OCH3 is 1. The molecule has 0 aliphatic rings. The minimum Gasteiger partial charge on any atom is -0.497 e. The Bertz CT molecular complexity index is 385. The quantitative estimate of drug-likeness (QED) is 0.792. The second kappa shape index (κ2) is 10.3. The van der Waals surface area contributed by atoms with E-state index in [1.165, 1.54) is 0 Å². The number of hydrogen-bond acceptors (Lipinski definition) is 4. The number of hydrogen-bond donors (Lipinski definition) is 1. The summed E-state index contributed by atoms with van der Waals surface area (Å²) in [6, 6.07) is 7.39. The molecular weight excluding hydrogens is 280 g/mol. The van der Waals surface area contributed by atoms with Crippen LogP contribution in [0.5, 0.6) is 11.5 Å². The third kappa shape index (κ3) is 6.63. The Morgan fingerprint density at radius 1 is 1.25 bits per heavy atom. The fourth-order valence-corrected chi connectivity index (χ4v) is 1.52. The summed E-state index contributed by atoms with van der Waals surface area (Å²) >= 11 is 0. The number of benzene rings is 1. The van der Waals surface area contributed by atoms with Crippen LogP contribution in [0, 0.1) is 0 Å². The molecule has 0 atom stereocenters. The van der Waals surface area contributed by atoms with E-state index in [1.807, 2.05) is 31.3 Å². The molecule has 0 aliphatic carbocycles. The third-order valence-corrected chi connectivity index (χ3v) is 2.77. The van der Waals surface area contributed by atoms with Gasteiger partial charge >= 0.3 is 0 Å². The van der Waals surface area contributed by atoms with Crippen LogP contribution in [-0.2, 0) is 4.79 Å². The lowest BCUT2D eigenvalue weighted by Crippen LogP contribution is -2.32. The van der Waals surface area contributed by atoms with Crippen molar-refractivity contribution in [2.45, 2.75) is 6.42 Å². The van der Waals surface area contributed by atoms with E-state index >= 15 is 0 Å². The molecule has 0 heterocycles. The van der Waals surface area contributed by atoms with Gasteiger partial charge in [-0.15, -0.1) is 12.4 Å². The van der Waals surface area contributed by atoms with Gasteiger partial charge in [0.05, 0.1) is 13.7 Å². The van der Waals surface area contributed by atoms with Gasteiger partial charge in [0.1, 0.15) is 18.1 Å². The van der Waals surface area contributed by atoms with Crippen molar-refractivity contribution >= 4 is 18.3 Å². The van der Waals surface area contributed by atoms with Crippen LogP contribution in [0.2, 0.25) is 0 Å². The summed E-state index contributed by atoms with van der Waals surface area (Å²) in [5.41, 5.74) is 0. The van der Waals surface area contributed by atoms with Gasteiger partial charge in [-0.1, -0.05) is 0 Å². The van der Waals surface area contributed by atoms with Crippen LogP contribution >= 0.6 is 12.4 Å². The van der Waals surface area contributed by atoms with Crippen LogP contribution in [0.15, 0.2) is 24.3 Å². The molecule has 0 aromatic heterocycles. The summed E-state index contributed by atoms with van der Waals surface area (Å²) in [5, 5.41) is 2.96. The van der Waals surface area contributed by atoms with E-state index in [0.29, 0.717) is 26.1 Å². The van der Waals surface area contributed by atoms with Crippen molar-refractivity contribution in [3.05, 3.63) is 24.3 Å². The van der Waals surface area contributed by atoms with Gasteiger partial charge in [0.2, 0.25) is 5.91 Å². The average molecular weight is 303 g/mol. The van der Waals surface area contributed by atoms with Crippen molar-refractivity contribution in [1.29, 1.82) is 0 Å². The van der Waals surface area contributed by atoms with Crippen LogP contribution in [0.4, 0.5) is 0 Å². The highest BCUT2D eigenvalue weighted by molar-refractivity contribution is 5.85. The monoisotopic (exact) mass is 302 g/mol. The average Bonchev–Trinajstić information content (AvgIpc) is 2.45. The Morgan fingerprint density at radius 2 is 1.85 bits per heavy atom. The van der Waals surface area contributed by atoms with E-state index in [2.05, 4.69) is 5.32 Å². The van der Waals surface area contributed by atoms with Gasteiger partial charge in [-0.3, -0.25) is 4.79 Å². The molecule has 1 N–H and O–H groups in total.